The second kappa shape index (κ2) is 7.34. The molecule has 1 aliphatic rings. The van der Waals surface area contributed by atoms with E-state index < -0.39 is 0 Å². The van der Waals surface area contributed by atoms with Gasteiger partial charge >= 0.3 is 0 Å². The molecule has 132 valence electrons. The summed E-state index contributed by atoms with van der Waals surface area (Å²) < 4.78 is 21.8. The molecule has 0 bridgehead atoms. The molecule has 1 aliphatic heterocycles. The van der Waals surface area contributed by atoms with Crippen LogP contribution in [-0.2, 0) is 0 Å². The second-order valence-corrected chi connectivity index (χ2v) is 5.64. The first kappa shape index (κ1) is 17.0. The van der Waals surface area contributed by atoms with Crippen LogP contribution < -0.4 is 24.3 Å². The number of amides is 1. The largest absolute Gasteiger partial charge is 0.496 e. The number of nitrogens with one attached hydrogen (secondary N) is 1. The molecule has 6 nitrogen and oxygen atoms in total. The molecule has 0 saturated heterocycles. The molecule has 0 aromatic heterocycles. The summed E-state index contributed by atoms with van der Waals surface area (Å²) >= 11 is 0. The number of hydrogen-bond donors (Lipinski definition) is 1. The maximum Gasteiger partial charge on any atom is 0.252 e. The topological polar surface area (TPSA) is 66.0 Å². The van der Waals surface area contributed by atoms with Gasteiger partial charge in [-0.15, -0.1) is 0 Å². The number of hydrogen-bond acceptors (Lipinski definition) is 5. The van der Waals surface area contributed by atoms with Crippen molar-refractivity contribution in [2.75, 3.05) is 27.4 Å². The zero-order valence-electron chi connectivity index (χ0n) is 14.5. The molecule has 0 spiro atoms. The van der Waals surface area contributed by atoms with E-state index in [0.717, 1.165) is 11.3 Å². The van der Waals surface area contributed by atoms with Gasteiger partial charge in [-0.1, -0.05) is 18.2 Å². The Balaban J connectivity index is 1.83. The average Bonchev–Trinajstić information content (AvgIpc) is 2.66. The number of para-hydroxylation sites is 1. The minimum absolute atomic E-state index is 0.220. The van der Waals surface area contributed by atoms with Gasteiger partial charge in [0.25, 0.3) is 5.91 Å². The Morgan fingerprint density at radius 1 is 1.08 bits per heavy atom. The van der Waals surface area contributed by atoms with Crippen LogP contribution in [0.2, 0.25) is 0 Å². The van der Waals surface area contributed by atoms with E-state index >= 15 is 0 Å². The van der Waals surface area contributed by atoms with E-state index in [1.807, 2.05) is 31.2 Å². The molecule has 0 fully saturated rings. The lowest BCUT2D eigenvalue weighted by Gasteiger charge is -2.22. The van der Waals surface area contributed by atoms with Crippen molar-refractivity contribution in [1.29, 1.82) is 0 Å². The molecule has 1 unspecified atom stereocenters. The summed E-state index contributed by atoms with van der Waals surface area (Å²) in [5.41, 5.74) is 1.35. The van der Waals surface area contributed by atoms with Crippen LogP contribution in [0.4, 0.5) is 0 Å². The van der Waals surface area contributed by atoms with Gasteiger partial charge in [0.05, 0.1) is 20.3 Å². The zero-order valence-corrected chi connectivity index (χ0v) is 14.5. The molecule has 6 heteroatoms. The molecule has 1 atom stereocenters. The summed E-state index contributed by atoms with van der Waals surface area (Å²) in [7, 11) is 3.14. The molecule has 0 aliphatic carbocycles. The molecular formula is C19H21NO5. The Morgan fingerprint density at radius 2 is 1.80 bits per heavy atom. The lowest BCUT2D eigenvalue weighted by atomic mass is 10.1. The molecule has 0 saturated carbocycles. The third-order valence-electron chi connectivity index (χ3n) is 4.04. The molecule has 1 N–H and O–H groups in total. The molecule has 3 rings (SSSR count). The van der Waals surface area contributed by atoms with Crippen molar-refractivity contribution in [1.82, 2.24) is 5.32 Å². The van der Waals surface area contributed by atoms with E-state index in [-0.39, 0.29) is 11.9 Å². The van der Waals surface area contributed by atoms with Crippen LogP contribution in [0.5, 0.6) is 23.0 Å². The number of carbonyl (C=O) groups is 1. The zero-order chi connectivity index (χ0) is 17.8. The fourth-order valence-corrected chi connectivity index (χ4v) is 2.79. The number of rotatable bonds is 5. The number of methoxy groups -OCH3 is 2. The van der Waals surface area contributed by atoms with E-state index in [1.165, 1.54) is 7.11 Å². The SMILES string of the molecule is COc1ccccc1C(C)NC(=O)c1cc(OC)c2c(c1)OCCO2. The van der Waals surface area contributed by atoms with Gasteiger partial charge in [-0.05, 0) is 25.1 Å². The minimum Gasteiger partial charge on any atom is -0.496 e. The standard InChI is InChI=1S/C19H21NO5/c1-12(14-6-4-5-7-15(14)22-2)20-19(21)13-10-16(23-3)18-17(11-13)24-8-9-25-18/h4-7,10-12H,8-9H2,1-3H3,(H,20,21). The Hall–Kier alpha value is -2.89. The highest BCUT2D eigenvalue weighted by atomic mass is 16.6. The Morgan fingerprint density at radius 3 is 2.56 bits per heavy atom. The van der Waals surface area contributed by atoms with E-state index in [1.54, 1.807) is 19.2 Å². The number of carbonyl (C=O) groups excluding carboxylic acids is 1. The molecule has 0 radical (unpaired) electrons. The van der Waals surface area contributed by atoms with Gasteiger partial charge in [0.1, 0.15) is 19.0 Å². The maximum atomic E-state index is 12.7. The quantitative estimate of drug-likeness (QED) is 0.904. The second-order valence-electron chi connectivity index (χ2n) is 5.64. The fourth-order valence-electron chi connectivity index (χ4n) is 2.79. The summed E-state index contributed by atoms with van der Waals surface area (Å²) in [6, 6.07) is 10.7. The maximum absolute atomic E-state index is 12.7. The molecule has 1 amide bonds. The van der Waals surface area contributed by atoms with Gasteiger partial charge < -0.3 is 24.3 Å². The predicted molar refractivity (Wildman–Crippen MR) is 92.9 cm³/mol. The van der Waals surface area contributed by atoms with Gasteiger partial charge in [-0.2, -0.15) is 0 Å². The van der Waals surface area contributed by atoms with Crippen LogP contribution in [0.3, 0.4) is 0 Å². The monoisotopic (exact) mass is 343 g/mol. The number of ether oxygens (including phenoxy) is 4. The van der Waals surface area contributed by atoms with E-state index in [4.69, 9.17) is 18.9 Å². The Kier molecular flexibility index (Phi) is 4.97. The first-order valence-corrected chi connectivity index (χ1v) is 8.05. The summed E-state index contributed by atoms with van der Waals surface area (Å²) in [5.74, 6) is 2.03. The van der Waals surface area contributed by atoms with Crippen LogP contribution >= 0.6 is 0 Å². The van der Waals surface area contributed by atoms with Crippen molar-refractivity contribution in [2.24, 2.45) is 0 Å². The van der Waals surface area contributed by atoms with Crippen molar-refractivity contribution in [3.8, 4) is 23.0 Å². The number of fused-ring (bicyclic) bond motifs is 1. The minimum atomic E-state index is -0.228. The first-order chi connectivity index (χ1) is 12.1. The average molecular weight is 343 g/mol. The van der Waals surface area contributed by atoms with Crippen molar-refractivity contribution in [3.05, 3.63) is 47.5 Å². The van der Waals surface area contributed by atoms with Crippen molar-refractivity contribution in [3.63, 3.8) is 0 Å². The van der Waals surface area contributed by atoms with Gasteiger partial charge in [0.15, 0.2) is 11.5 Å². The molecule has 2 aromatic rings. The van der Waals surface area contributed by atoms with E-state index in [0.29, 0.717) is 36.0 Å². The normalized spacial score (nSPS) is 13.7. The molecule has 25 heavy (non-hydrogen) atoms. The number of benzene rings is 2. The molecular weight excluding hydrogens is 322 g/mol. The highest BCUT2D eigenvalue weighted by Crippen LogP contribution is 2.40. The van der Waals surface area contributed by atoms with Gasteiger partial charge in [0.2, 0.25) is 5.75 Å². The molecule has 2 aromatic carbocycles. The van der Waals surface area contributed by atoms with Crippen molar-refractivity contribution < 1.29 is 23.7 Å². The van der Waals surface area contributed by atoms with Crippen LogP contribution in [0, 0.1) is 0 Å². The summed E-state index contributed by atoms with van der Waals surface area (Å²) in [4.78, 5) is 12.7. The van der Waals surface area contributed by atoms with Gasteiger partial charge in [0, 0.05) is 11.1 Å². The van der Waals surface area contributed by atoms with Crippen LogP contribution in [0.25, 0.3) is 0 Å². The highest BCUT2D eigenvalue weighted by Gasteiger charge is 2.22. The summed E-state index contributed by atoms with van der Waals surface area (Å²) in [6.07, 6.45) is 0. The van der Waals surface area contributed by atoms with Crippen molar-refractivity contribution in [2.45, 2.75) is 13.0 Å². The fraction of sp³-hybridized carbons (Fsp3) is 0.316. The van der Waals surface area contributed by atoms with Gasteiger partial charge in [-0.25, -0.2) is 0 Å². The lowest BCUT2D eigenvalue weighted by Crippen LogP contribution is -2.27. The summed E-state index contributed by atoms with van der Waals surface area (Å²) in [5, 5.41) is 2.97. The lowest BCUT2D eigenvalue weighted by molar-refractivity contribution is 0.0937. The van der Waals surface area contributed by atoms with Crippen LogP contribution in [-0.4, -0.2) is 33.3 Å². The van der Waals surface area contributed by atoms with E-state index in [9.17, 15) is 4.79 Å². The third-order valence-corrected chi connectivity index (χ3v) is 4.04. The highest BCUT2D eigenvalue weighted by molar-refractivity contribution is 5.96. The summed E-state index contributed by atoms with van der Waals surface area (Å²) in [6.45, 7) is 2.81. The van der Waals surface area contributed by atoms with Gasteiger partial charge in [-0.3, -0.25) is 4.79 Å². The van der Waals surface area contributed by atoms with E-state index in [2.05, 4.69) is 5.32 Å². The van der Waals surface area contributed by atoms with Crippen LogP contribution in [0.15, 0.2) is 36.4 Å². The molecule has 1 heterocycles. The third kappa shape index (κ3) is 3.47. The Bertz CT molecular complexity index is 757. The Labute approximate surface area is 146 Å². The predicted octanol–water partition coefficient (Wildman–Crippen LogP) is 2.97. The van der Waals surface area contributed by atoms with Crippen LogP contribution in [0.1, 0.15) is 28.9 Å². The van der Waals surface area contributed by atoms with Crippen molar-refractivity contribution >= 4 is 5.91 Å². The smallest absolute Gasteiger partial charge is 0.252 e. The first-order valence-electron chi connectivity index (χ1n) is 8.05.